The van der Waals surface area contributed by atoms with Crippen molar-refractivity contribution in [2.24, 2.45) is 5.73 Å². The summed E-state index contributed by atoms with van der Waals surface area (Å²) in [5.74, 6) is 0. The van der Waals surface area contributed by atoms with Crippen LogP contribution in [0.25, 0.3) is 21.8 Å². The fourth-order valence-corrected chi connectivity index (χ4v) is 1.88. The standard InChI is InChI=1S/C13H11N3/c14-7-10-8-15-12-6-5-9-3-1-2-4-11(9)13(12)16-10/h1-6,8H,7,14H2. The summed E-state index contributed by atoms with van der Waals surface area (Å²) in [5.41, 5.74) is 8.25. The molecule has 3 nitrogen and oxygen atoms in total. The van der Waals surface area contributed by atoms with E-state index in [2.05, 4.69) is 28.2 Å². The minimum absolute atomic E-state index is 0.423. The number of hydrogen-bond donors (Lipinski definition) is 1. The predicted molar refractivity (Wildman–Crippen MR) is 64.9 cm³/mol. The Bertz CT molecular complexity index is 661. The van der Waals surface area contributed by atoms with Crippen molar-refractivity contribution in [3.05, 3.63) is 48.3 Å². The average Bonchev–Trinajstić information content (AvgIpc) is 2.38. The molecular weight excluding hydrogens is 198 g/mol. The molecule has 0 fully saturated rings. The third-order valence-electron chi connectivity index (χ3n) is 2.70. The highest BCUT2D eigenvalue weighted by Gasteiger charge is 2.03. The summed E-state index contributed by atoms with van der Waals surface area (Å²) >= 11 is 0. The van der Waals surface area contributed by atoms with E-state index in [-0.39, 0.29) is 0 Å². The number of nitrogens with zero attached hydrogens (tertiary/aromatic N) is 2. The first-order valence-corrected chi connectivity index (χ1v) is 5.22. The van der Waals surface area contributed by atoms with Gasteiger partial charge in [0.05, 0.1) is 22.9 Å². The Morgan fingerprint density at radius 3 is 2.81 bits per heavy atom. The minimum atomic E-state index is 0.423. The lowest BCUT2D eigenvalue weighted by Gasteiger charge is -2.03. The Labute approximate surface area is 92.9 Å². The quantitative estimate of drug-likeness (QED) is 0.625. The molecule has 16 heavy (non-hydrogen) atoms. The van der Waals surface area contributed by atoms with E-state index in [9.17, 15) is 0 Å². The summed E-state index contributed by atoms with van der Waals surface area (Å²) in [4.78, 5) is 8.89. The first kappa shape index (κ1) is 9.24. The molecule has 1 aromatic heterocycles. The molecule has 0 amide bonds. The van der Waals surface area contributed by atoms with E-state index >= 15 is 0 Å². The third kappa shape index (κ3) is 1.33. The highest BCUT2D eigenvalue weighted by molar-refractivity contribution is 6.03. The van der Waals surface area contributed by atoms with Gasteiger partial charge in [-0.1, -0.05) is 30.3 Å². The van der Waals surface area contributed by atoms with Crippen LogP contribution in [0.2, 0.25) is 0 Å². The highest BCUT2D eigenvalue weighted by Crippen LogP contribution is 2.22. The second-order valence-electron chi connectivity index (χ2n) is 3.72. The summed E-state index contributed by atoms with van der Waals surface area (Å²) in [5, 5.41) is 2.31. The molecule has 0 unspecified atom stereocenters. The molecule has 0 aliphatic rings. The number of hydrogen-bond acceptors (Lipinski definition) is 3. The molecule has 2 N–H and O–H groups in total. The van der Waals surface area contributed by atoms with Gasteiger partial charge in [0.2, 0.25) is 0 Å². The summed E-state index contributed by atoms with van der Waals surface area (Å²) in [6.07, 6.45) is 1.73. The van der Waals surface area contributed by atoms with E-state index in [0.717, 1.165) is 22.1 Å². The summed E-state index contributed by atoms with van der Waals surface area (Å²) in [6, 6.07) is 12.2. The maximum atomic E-state index is 5.58. The molecule has 2 aromatic carbocycles. The van der Waals surface area contributed by atoms with Crippen LogP contribution in [0, 0.1) is 0 Å². The zero-order valence-corrected chi connectivity index (χ0v) is 8.72. The second kappa shape index (κ2) is 3.54. The van der Waals surface area contributed by atoms with E-state index in [4.69, 9.17) is 5.73 Å². The maximum absolute atomic E-state index is 5.58. The van der Waals surface area contributed by atoms with Crippen molar-refractivity contribution in [1.82, 2.24) is 9.97 Å². The van der Waals surface area contributed by atoms with E-state index in [0.29, 0.717) is 6.54 Å². The van der Waals surface area contributed by atoms with Crippen LogP contribution in [0.15, 0.2) is 42.6 Å². The minimum Gasteiger partial charge on any atom is -0.325 e. The van der Waals surface area contributed by atoms with Gasteiger partial charge in [-0.25, -0.2) is 4.98 Å². The SMILES string of the molecule is NCc1cnc2ccc3ccccc3c2n1. The number of nitrogens with two attached hydrogens (primary N) is 1. The molecular formula is C13H11N3. The van der Waals surface area contributed by atoms with Crippen molar-refractivity contribution in [3.8, 4) is 0 Å². The number of rotatable bonds is 1. The summed E-state index contributed by atoms with van der Waals surface area (Å²) < 4.78 is 0. The van der Waals surface area contributed by atoms with E-state index < -0.39 is 0 Å². The van der Waals surface area contributed by atoms with Crippen molar-refractivity contribution < 1.29 is 0 Å². The molecule has 3 aromatic rings. The number of fused-ring (bicyclic) bond motifs is 3. The Kier molecular flexibility index (Phi) is 2.04. The smallest absolute Gasteiger partial charge is 0.0968 e. The van der Waals surface area contributed by atoms with Crippen LogP contribution in [0.1, 0.15) is 5.69 Å². The lowest BCUT2D eigenvalue weighted by Crippen LogP contribution is -2.00. The lowest BCUT2D eigenvalue weighted by molar-refractivity contribution is 0.989. The lowest BCUT2D eigenvalue weighted by atomic mass is 10.1. The van der Waals surface area contributed by atoms with Gasteiger partial charge in [0.25, 0.3) is 0 Å². The van der Waals surface area contributed by atoms with Crippen molar-refractivity contribution >= 4 is 21.8 Å². The number of aromatic nitrogens is 2. The molecule has 3 rings (SSSR count). The van der Waals surface area contributed by atoms with Gasteiger partial charge in [-0.3, -0.25) is 4.98 Å². The van der Waals surface area contributed by atoms with Gasteiger partial charge < -0.3 is 5.73 Å². The van der Waals surface area contributed by atoms with Gasteiger partial charge in [-0.05, 0) is 11.5 Å². The monoisotopic (exact) mass is 209 g/mol. The molecule has 3 heteroatoms. The summed E-state index contributed by atoms with van der Waals surface area (Å²) in [6.45, 7) is 0.423. The largest absolute Gasteiger partial charge is 0.325 e. The van der Waals surface area contributed by atoms with Crippen LogP contribution in [-0.2, 0) is 6.54 Å². The molecule has 0 saturated heterocycles. The average molecular weight is 209 g/mol. The molecule has 0 atom stereocenters. The van der Waals surface area contributed by atoms with Crippen molar-refractivity contribution in [3.63, 3.8) is 0 Å². The zero-order valence-electron chi connectivity index (χ0n) is 8.72. The van der Waals surface area contributed by atoms with Gasteiger partial charge in [-0.2, -0.15) is 0 Å². The van der Waals surface area contributed by atoms with Crippen molar-refractivity contribution in [2.45, 2.75) is 6.54 Å². The molecule has 0 radical (unpaired) electrons. The first-order chi connectivity index (χ1) is 7.88. The molecule has 0 aliphatic carbocycles. The zero-order chi connectivity index (χ0) is 11.0. The molecule has 0 aliphatic heterocycles. The Hall–Kier alpha value is -2.00. The first-order valence-electron chi connectivity index (χ1n) is 5.22. The molecule has 0 saturated carbocycles. The molecule has 0 spiro atoms. The molecule has 0 bridgehead atoms. The van der Waals surface area contributed by atoms with E-state index in [1.54, 1.807) is 6.20 Å². The predicted octanol–water partition coefficient (Wildman–Crippen LogP) is 2.24. The van der Waals surface area contributed by atoms with E-state index in [1.807, 2.05) is 18.2 Å². The van der Waals surface area contributed by atoms with Crippen LogP contribution in [-0.4, -0.2) is 9.97 Å². The fraction of sp³-hybridized carbons (Fsp3) is 0.0769. The second-order valence-corrected chi connectivity index (χ2v) is 3.72. The van der Waals surface area contributed by atoms with Crippen LogP contribution in [0.3, 0.4) is 0 Å². The normalized spacial score (nSPS) is 11.1. The van der Waals surface area contributed by atoms with Gasteiger partial charge in [0.15, 0.2) is 0 Å². The Morgan fingerprint density at radius 1 is 1.06 bits per heavy atom. The van der Waals surface area contributed by atoms with Crippen molar-refractivity contribution in [1.29, 1.82) is 0 Å². The summed E-state index contributed by atoms with van der Waals surface area (Å²) in [7, 11) is 0. The third-order valence-corrected chi connectivity index (χ3v) is 2.70. The fourth-order valence-electron chi connectivity index (χ4n) is 1.88. The van der Waals surface area contributed by atoms with Crippen LogP contribution in [0.5, 0.6) is 0 Å². The van der Waals surface area contributed by atoms with Crippen LogP contribution >= 0.6 is 0 Å². The van der Waals surface area contributed by atoms with Crippen LogP contribution in [0.4, 0.5) is 0 Å². The van der Waals surface area contributed by atoms with E-state index in [1.165, 1.54) is 5.39 Å². The topological polar surface area (TPSA) is 51.8 Å². The molecule has 1 heterocycles. The number of benzene rings is 2. The van der Waals surface area contributed by atoms with Gasteiger partial charge >= 0.3 is 0 Å². The van der Waals surface area contributed by atoms with Crippen molar-refractivity contribution in [2.75, 3.05) is 0 Å². The van der Waals surface area contributed by atoms with Gasteiger partial charge in [0, 0.05) is 11.9 Å². The van der Waals surface area contributed by atoms with Gasteiger partial charge in [-0.15, -0.1) is 0 Å². The Morgan fingerprint density at radius 2 is 1.94 bits per heavy atom. The Balaban J connectivity index is 2.47. The van der Waals surface area contributed by atoms with Gasteiger partial charge in [0.1, 0.15) is 0 Å². The maximum Gasteiger partial charge on any atom is 0.0968 e. The molecule has 78 valence electrons. The van der Waals surface area contributed by atoms with Crippen LogP contribution < -0.4 is 5.73 Å². The highest BCUT2D eigenvalue weighted by atomic mass is 14.8.